The zero-order valence-electron chi connectivity index (χ0n) is 67.3. The van der Waals surface area contributed by atoms with E-state index in [1.807, 2.05) is 30.9 Å². The summed E-state index contributed by atoms with van der Waals surface area (Å²) in [4.78, 5) is 18.8. The van der Waals surface area contributed by atoms with Crippen molar-refractivity contribution in [2.75, 3.05) is 0 Å². The Kier molecular flexibility index (Phi) is 25.0. The molecule has 8 heteroatoms. The summed E-state index contributed by atoms with van der Waals surface area (Å²) in [7, 11) is 8.36. The van der Waals surface area contributed by atoms with Gasteiger partial charge in [-0.25, -0.2) is 18.3 Å². The number of aryl methyl sites for hydroxylation is 12. The standard InChI is InChI=1S/C30H25N2.C25H31N2.C24H29N2.C21H23N2/c1-22-16-18-31-21-28(22)29-20-25(17-19-32(29)2)30-26(23-10-5-3-6-11-23)14-9-15-27(30)24-12-7-4-8-13-24;1-16(2)20-11-10-12-21(17(3)4)25(20)22-15-18(5)24(19(6)26-22)23-13-8-9-14-27(23)7;1-16(2)20-8-7-9-21(17(3)4)24(20)19-11-13-26(6)23(14-19)22-15-25-12-10-18(22)5;1-14-9-8-10-15(2)20(14)18-13-16(3)21(17(4)22-18)19-11-6-7-12-23(19)5/h3-21H,1-2H3;8-17H,1-7H3;7-17H,1-6H3;6-13H,1-5H3/q4*+1. The SMILES string of the molecule is Cc1cc(-c2c(C(C)C)cccc2C(C)C)nc(C)c1-c1cccc[n+]1C.Cc1cccc(C)c1-c1cc(C)c(-c2cccc[n+]2C)c(C)n1.Cc1ccncc1-c1cc(-c2c(-c3ccccc3)cccc2-c2ccccc2)cc[n+]1C.Cc1ccncc1-c1cc(-c2c(C(C)C)cccc2C(C)C)cc[n+]1C. The normalized spacial score (nSPS) is 11.1. The molecule has 0 aliphatic rings. The van der Waals surface area contributed by atoms with E-state index in [0.717, 1.165) is 34.0 Å². The summed E-state index contributed by atoms with van der Waals surface area (Å²) < 4.78 is 8.66. The molecule has 0 fully saturated rings. The third kappa shape index (κ3) is 17.3. The van der Waals surface area contributed by atoms with Crippen molar-refractivity contribution in [2.45, 2.75) is 134 Å². The van der Waals surface area contributed by atoms with Crippen LogP contribution in [-0.2, 0) is 28.2 Å². The average Bonchev–Trinajstić information content (AvgIpc) is 0.783. The fraction of sp³-hybridized carbons (Fsp3) is 0.240. The molecule has 0 aliphatic heterocycles. The van der Waals surface area contributed by atoms with Gasteiger partial charge in [0, 0.05) is 84.4 Å². The van der Waals surface area contributed by atoms with Crippen molar-refractivity contribution in [3.05, 3.63) is 335 Å². The Morgan fingerprint density at radius 3 is 0.981 bits per heavy atom. The lowest BCUT2D eigenvalue weighted by atomic mass is 9.85. The first kappa shape index (κ1) is 77.6. The molecule has 0 saturated heterocycles. The fourth-order valence-electron chi connectivity index (χ4n) is 15.2. The van der Waals surface area contributed by atoms with E-state index >= 15 is 0 Å². The van der Waals surface area contributed by atoms with E-state index in [1.165, 1.54) is 145 Å². The minimum atomic E-state index is 0.465. The molecule has 14 aromatic rings. The first-order valence-corrected chi connectivity index (χ1v) is 38.2. The molecule has 8 heterocycles. The first-order chi connectivity index (χ1) is 51.9. The van der Waals surface area contributed by atoms with E-state index in [9.17, 15) is 0 Å². The molecular formula is C100H108N8+4. The van der Waals surface area contributed by atoms with Crippen LogP contribution < -0.4 is 18.3 Å². The summed E-state index contributed by atoms with van der Waals surface area (Å²) in [6.07, 6.45) is 16.1. The highest BCUT2D eigenvalue weighted by Gasteiger charge is 2.26. The molecular weight excluding hydrogens is 1310 g/mol. The van der Waals surface area contributed by atoms with Gasteiger partial charge in [-0.1, -0.05) is 189 Å². The zero-order valence-corrected chi connectivity index (χ0v) is 67.3. The van der Waals surface area contributed by atoms with Crippen LogP contribution in [0.2, 0.25) is 0 Å². The van der Waals surface area contributed by atoms with Crippen molar-refractivity contribution in [1.29, 1.82) is 0 Å². The van der Waals surface area contributed by atoms with Gasteiger partial charge in [0.05, 0.1) is 45.0 Å². The topological polar surface area (TPSA) is 67.1 Å². The summed E-state index contributed by atoms with van der Waals surface area (Å²) in [6.45, 7) is 35.4. The molecule has 0 atom stereocenters. The third-order valence-corrected chi connectivity index (χ3v) is 20.9. The second-order valence-electron chi connectivity index (χ2n) is 30.1. The number of hydrogen-bond donors (Lipinski definition) is 0. The lowest BCUT2D eigenvalue weighted by Gasteiger charge is -2.20. The fourth-order valence-corrected chi connectivity index (χ4v) is 15.2. The monoisotopic (exact) mass is 1420 g/mol. The van der Waals surface area contributed by atoms with E-state index in [-0.39, 0.29) is 0 Å². The average molecular weight is 1420 g/mol. The zero-order chi connectivity index (χ0) is 77.0. The van der Waals surface area contributed by atoms with Gasteiger partial charge in [0.2, 0.25) is 22.8 Å². The predicted octanol–water partition coefficient (Wildman–Crippen LogP) is 23.3. The van der Waals surface area contributed by atoms with Gasteiger partial charge < -0.3 is 0 Å². The van der Waals surface area contributed by atoms with Gasteiger partial charge in [0.25, 0.3) is 0 Å². The Morgan fingerprint density at radius 1 is 0.250 bits per heavy atom. The molecule has 0 N–H and O–H groups in total. The molecule has 108 heavy (non-hydrogen) atoms. The van der Waals surface area contributed by atoms with Gasteiger partial charge in [0.15, 0.2) is 24.8 Å². The van der Waals surface area contributed by atoms with Gasteiger partial charge in [-0.2, -0.15) is 0 Å². The minimum absolute atomic E-state index is 0.465. The van der Waals surface area contributed by atoms with Crippen molar-refractivity contribution in [3.8, 4) is 112 Å². The minimum Gasteiger partial charge on any atom is -0.264 e. The summed E-state index contributed by atoms with van der Waals surface area (Å²) in [5.41, 5.74) is 39.6. The molecule has 544 valence electrons. The number of aromatic nitrogens is 8. The molecule has 14 rings (SSSR count). The number of nitrogens with zero attached hydrogens (tertiary/aromatic N) is 8. The van der Waals surface area contributed by atoms with E-state index in [1.54, 1.807) is 0 Å². The van der Waals surface area contributed by atoms with Gasteiger partial charge in [-0.15, -0.1) is 0 Å². The van der Waals surface area contributed by atoms with Crippen molar-refractivity contribution in [3.63, 3.8) is 0 Å². The maximum Gasteiger partial charge on any atom is 0.214 e. The summed E-state index contributed by atoms with van der Waals surface area (Å²) in [5.74, 6) is 1.91. The Hall–Kier alpha value is -11.5. The lowest BCUT2D eigenvalue weighted by molar-refractivity contribution is -0.660. The summed E-state index contributed by atoms with van der Waals surface area (Å²) in [6, 6.07) is 78.0. The van der Waals surface area contributed by atoms with Gasteiger partial charge in [-0.05, 0) is 216 Å². The van der Waals surface area contributed by atoms with Gasteiger partial charge in [0.1, 0.15) is 28.2 Å². The summed E-state index contributed by atoms with van der Waals surface area (Å²) >= 11 is 0. The van der Waals surface area contributed by atoms with Crippen LogP contribution in [0, 0.1) is 55.4 Å². The molecule has 0 amide bonds. The second-order valence-corrected chi connectivity index (χ2v) is 30.1. The molecule has 0 saturated carbocycles. The molecule has 8 aromatic heterocycles. The highest BCUT2D eigenvalue weighted by Crippen LogP contribution is 2.43. The highest BCUT2D eigenvalue weighted by molar-refractivity contribution is 5.95. The van der Waals surface area contributed by atoms with Gasteiger partial charge >= 0.3 is 0 Å². The number of benzene rings is 6. The van der Waals surface area contributed by atoms with Crippen LogP contribution in [0.4, 0.5) is 0 Å². The van der Waals surface area contributed by atoms with Crippen LogP contribution >= 0.6 is 0 Å². The highest BCUT2D eigenvalue weighted by atomic mass is 14.9. The van der Waals surface area contributed by atoms with Crippen LogP contribution in [0.5, 0.6) is 0 Å². The van der Waals surface area contributed by atoms with Crippen LogP contribution in [0.15, 0.2) is 268 Å². The Balaban J connectivity index is 0.000000144. The smallest absolute Gasteiger partial charge is 0.214 e. The molecule has 0 aliphatic carbocycles. The Labute approximate surface area is 644 Å². The molecule has 6 aromatic carbocycles. The maximum atomic E-state index is 5.09. The first-order valence-electron chi connectivity index (χ1n) is 38.2. The largest absolute Gasteiger partial charge is 0.264 e. The Morgan fingerprint density at radius 2 is 0.602 bits per heavy atom. The summed E-state index contributed by atoms with van der Waals surface area (Å²) in [5, 5.41) is 0. The van der Waals surface area contributed by atoms with Crippen molar-refractivity contribution in [1.82, 2.24) is 19.9 Å². The van der Waals surface area contributed by atoms with E-state index in [2.05, 4.69) is 404 Å². The number of pyridine rings is 8. The van der Waals surface area contributed by atoms with E-state index in [0.29, 0.717) is 23.7 Å². The maximum absolute atomic E-state index is 5.09. The van der Waals surface area contributed by atoms with Crippen molar-refractivity contribution >= 4 is 0 Å². The number of hydrogen-bond acceptors (Lipinski definition) is 4. The van der Waals surface area contributed by atoms with Crippen molar-refractivity contribution in [2.24, 2.45) is 28.2 Å². The van der Waals surface area contributed by atoms with Crippen molar-refractivity contribution < 1.29 is 18.3 Å². The van der Waals surface area contributed by atoms with Crippen LogP contribution in [-0.4, -0.2) is 19.9 Å². The van der Waals surface area contributed by atoms with E-state index in [4.69, 9.17) is 9.97 Å². The van der Waals surface area contributed by atoms with Crippen LogP contribution in [0.1, 0.15) is 146 Å². The molecule has 0 radical (unpaired) electrons. The third-order valence-electron chi connectivity index (χ3n) is 20.9. The molecule has 0 bridgehead atoms. The van der Waals surface area contributed by atoms with E-state index < -0.39 is 0 Å². The molecule has 8 nitrogen and oxygen atoms in total. The number of rotatable bonds is 14. The predicted molar refractivity (Wildman–Crippen MR) is 450 cm³/mol. The Bertz CT molecular complexity index is 5320. The lowest BCUT2D eigenvalue weighted by Crippen LogP contribution is -2.30. The van der Waals surface area contributed by atoms with Crippen LogP contribution in [0.3, 0.4) is 0 Å². The molecule has 0 unspecified atom stereocenters. The quantitative estimate of drug-likeness (QED) is 0.102. The molecule has 0 spiro atoms. The van der Waals surface area contributed by atoms with Crippen LogP contribution in [0.25, 0.3) is 112 Å². The van der Waals surface area contributed by atoms with Gasteiger partial charge in [-0.3, -0.25) is 19.9 Å². The second kappa shape index (κ2) is 34.8.